The molecule has 2 aromatic heterocycles. The fraction of sp³-hybridized carbons (Fsp3) is 0.0612. The topological polar surface area (TPSA) is 3.24 Å². The first-order chi connectivity index (χ1) is 25.5. The molecule has 0 aliphatic heterocycles. The van der Waals surface area contributed by atoms with Gasteiger partial charge >= 0.3 is 0 Å². The van der Waals surface area contributed by atoms with Crippen LogP contribution in [0.25, 0.3) is 73.4 Å². The summed E-state index contributed by atoms with van der Waals surface area (Å²) < 4.78 is 5.30. The van der Waals surface area contributed by atoms with Gasteiger partial charge < -0.3 is 4.90 Å². The molecule has 2 heterocycles. The Morgan fingerprint density at radius 2 is 0.962 bits per heavy atom. The monoisotopic (exact) mass is 699 g/mol. The summed E-state index contributed by atoms with van der Waals surface area (Å²) in [7, 11) is 0. The second-order valence-electron chi connectivity index (χ2n) is 14.5. The molecule has 3 heteroatoms. The van der Waals surface area contributed by atoms with Crippen LogP contribution in [0.4, 0.5) is 17.1 Å². The molecule has 11 rings (SSSR count). The molecular weight excluding hydrogens is 667 g/mol. The van der Waals surface area contributed by atoms with E-state index in [0.717, 1.165) is 17.1 Å². The lowest BCUT2D eigenvalue weighted by molar-refractivity contribution is 0.660. The first-order valence-electron chi connectivity index (χ1n) is 17.9. The van der Waals surface area contributed by atoms with Gasteiger partial charge in [0.05, 0.1) is 0 Å². The molecule has 0 bridgehead atoms. The molecule has 0 atom stereocenters. The molecule has 1 aliphatic rings. The second-order valence-corrected chi connectivity index (χ2v) is 16.7. The molecule has 0 fully saturated rings. The van der Waals surface area contributed by atoms with Crippen LogP contribution in [0, 0.1) is 0 Å². The van der Waals surface area contributed by atoms with Crippen LogP contribution in [0.1, 0.15) is 25.0 Å². The highest BCUT2D eigenvalue weighted by atomic mass is 32.1. The molecule has 0 N–H and O–H groups in total. The zero-order valence-electron chi connectivity index (χ0n) is 28.9. The average molecular weight is 700 g/mol. The Balaban J connectivity index is 1.10. The van der Waals surface area contributed by atoms with Crippen molar-refractivity contribution in [3.05, 3.63) is 175 Å². The van der Waals surface area contributed by atoms with Gasteiger partial charge in [0, 0.05) is 62.8 Å². The molecule has 0 spiro atoms. The summed E-state index contributed by atoms with van der Waals surface area (Å²) in [5.74, 6) is 0. The molecule has 246 valence electrons. The molecule has 10 aromatic rings. The fourth-order valence-electron chi connectivity index (χ4n) is 8.77. The zero-order chi connectivity index (χ0) is 34.6. The Morgan fingerprint density at radius 1 is 0.385 bits per heavy atom. The molecule has 8 aromatic carbocycles. The molecule has 52 heavy (non-hydrogen) atoms. The van der Waals surface area contributed by atoms with E-state index in [-0.39, 0.29) is 5.41 Å². The van der Waals surface area contributed by atoms with Crippen LogP contribution in [0.2, 0.25) is 0 Å². The van der Waals surface area contributed by atoms with Crippen LogP contribution in [0.5, 0.6) is 0 Å². The van der Waals surface area contributed by atoms with Crippen LogP contribution in [0.3, 0.4) is 0 Å². The predicted octanol–water partition coefficient (Wildman–Crippen LogP) is 15.0. The van der Waals surface area contributed by atoms with Crippen LogP contribution in [0.15, 0.2) is 164 Å². The van der Waals surface area contributed by atoms with Crippen molar-refractivity contribution in [1.29, 1.82) is 0 Å². The van der Waals surface area contributed by atoms with Gasteiger partial charge in [-0.05, 0) is 105 Å². The zero-order valence-corrected chi connectivity index (χ0v) is 30.5. The summed E-state index contributed by atoms with van der Waals surface area (Å²) >= 11 is 3.75. The third-order valence-electron chi connectivity index (χ3n) is 11.3. The van der Waals surface area contributed by atoms with Gasteiger partial charge in [0.15, 0.2) is 0 Å². The first kappa shape index (κ1) is 29.9. The number of anilines is 3. The SMILES string of the molecule is CC1(C)c2ccccc2-c2cc(N(c3ccc(-c4cc5sc6ccccc6c5c5ccccc45)cc3)c3ccc4sc5ccccc5c4c3)ccc21. The molecule has 0 radical (unpaired) electrons. The maximum Gasteiger partial charge on any atom is 0.0468 e. The minimum Gasteiger partial charge on any atom is -0.310 e. The van der Waals surface area contributed by atoms with Crippen LogP contribution < -0.4 is 4.90 Å². The van der Waals surface area contributed by atoms with Crippen LogP contribution >= 0.6 is 22.7 Å². The quantitative estimate of drug-likeness (QED) is 0.177. The van der Waals surface area contributed by atoms with Crippen molar-refractivity contribution in [3.8, 4) is 22.3 Å². The van der Waals surface area contributed by atoms with Gasteiger partial charge in [-0.15, -0.1) is 22.7 Å². The minimum atomic E-state index is -0.0380. The van der Waals surface area contributed by atoms with Crippen molar-refractivity contribution < 1.29 is 0 Å². The number of hydrogen-bond donors (Lipinski definition) is 0. The lowest BCUT2D eigenvalue weighted by atomic mass is 9.82. The van der Waals surface area contributed by atoms with Crippen molar-refractivity contribution in [2.45, 2.75) is 19.3 Å². The van der Waals surface area contributed by atoms with Gasteiger partial charge in [0.2, 0.25) is 0 Å². The van der Waals surface area contributed by atoms with E-state index in [1.807, 2.05) is 22.7 Å². The van der Waals surface area contributed by atoms with E-state index in [1.165, 1.54) is 84.5 Å². The number of hydrogen-bond acceptors (Lipinski definition) is 3. The van der Waals surface area contributed by atoms with E-state index in [4.69, 9.17) is 0 Å². The molecular formula is C49H33NS2. The Morgan fingerprint density at radius 3 is 1.79 bits per heavy atom. The van der Waals surface area contributed by atoms with Gasteiger partial charge in [-0.1, -0.05) is 117 Å². The summed E-state index contributed by atoms with van der Waals surface area (Å²) in [5.41, 5.74) is 11.4. The highest BCUT2D eigenvalue weighted by molar-refractivity contribution is 7.26. The number of rotatable bonds is 4. The second kappa shape index (κ2) is 11.1. The van der Waals surface area contributed by atoms with Crippen molar-refractivity contribution in [2.75, 3.05) is 4.90 Å². The summed E-state index contributed by atoms with van der Waals surface area (Å²) in [4.78, 5) is 2.44. The minimum absolute atomic E-state index is 0.0380. The lowest BCUT2D eigenvalue weighted by Crippen LogP contribution is -2.15. The largest absolute Gasteiger partial charge is 0.310 e. The van der Waals surface area contributed by atoms with E-state index in [2.05, 4.69) is 183 Å². The summed E-state index contributed by atoms with van der Waals surface area (Å²) in [5, 5.41) is 7.92. The number of nitrogens with zero attached hydrogens (tertiary/aromatic N) is 1. The molecule has 1 aliphatic carbocycles. The van der Waals surface area contributed by atoms with Crippen molar-refractivity contribution in [2.24, 2.45) is 0 Å². The molecule has 0 saturated carbocycles. The van der Waals surface area contributed by atoms with Gasteiger partial charge in [0.1, 0.15) is 0 Å². The highest BCUT2D eigenvalue weighted by Gasteiger charge is 2.35. The smallest absolute Gasteiger partial charge is 0.0468 e. The highest BCUT2D eigenvalue weighted by Crippen LogP contribution is 2.51. The van der Waals surface area contributed by atoms with Gasteiger partial charge in [0.25, 0.3) is 0 Å². The normalized spacial score (nSPS) is 13.3. The Bertz CT molecular complexity index is 3050. The first-order valence-corrected chi connectivity index (χ1v) is 19.6. The Hall–Kier alpha value is -5.74. The van der Waals surface area contributed by atoms with E-state index < -0.39 is 0 Å². The summed E-state index contributed by atoms with van der Waals surface area (Å²) in [6.07, 6.45) is 0. The fourth-order valence-corrected chi connectivity index (χ4v) is 11.0. The number of fused-ring (bicyclic) bond motifs is 11. The van der Waals surface area contributed by atoms with E-state index in [0.29, 0.717) is 0 Å². The Labute approximate surface area is 310 Å². The molecule has 0 unspecified atom stereocenters. The van der Waals surface area contributed by atoms with Gasteiger partial charge in [-0.25, -0.2) is 0 Å². The van der Waals surface area contributed by atoms with E-state index in [1.54, 1.807) is 0 Å². The lowest BCUT2D eigenvalue weighted by Gasteiger charge is -2.27. The van der Waals surface area contributed by atoms with Gasteiger partial charge in [-0.3, -0.25) is 0 Å². The third kappa shape index (κ3) is 4.33. The molecule has 0 saturated heterocycles. The maximum absolute atomic E-state index is 2.44. The third-order valence-corrected chi connectivity index (χ3v) is 13.5. The number of benzene rings is 8. The average Bonchev–Trinajstić information content (AvgIpc) is 3.82. The van der Waals surface area contributed by atoms with Crippen molar-refractivity contribution in [3.63, 3.8) is 0 Å². The van der Waals surface area contributed by atoms with E-state index in [9.17, 15) is 0 Å². The summed E-state index contributed by atoms with van der Waals surface area (Å²) in [6, 6.07) is 61.1. The van der Waals surface area contributed by atoms with E-state index >= 15 is 0 Å². The molecule has 0 amide bonds. The Kier molecular flexibility index (Phi) is 6.41. The summed E-state index contributed by atoms with van der Waals surface area (Å²) in [6.45, 7) is 4.70. The standard InChI is InChI=1S/C49H33NS2/c1-49(2)42-16-8-5-12-35(42)40-27-32(23-25-43(40)49)50(33-24-26-46-41(28-33)36-13-6-9-17-44(36)51-46)31-21-19-30(20-22-31)39-29-47-48(37-14-4-3-11-34(37)39)38-15-7-10-18-45(38)52-47/h3-29H,1-2H3. The van der Waals surface area contributed by atoms with Crippen LogP contribution in [-0.4, -0.2) is 0 Å². The van der Waals surface area contributed by atoms with Crippen molar-refractivity contribution >= 4 is 90.9 Å². The number of thiophene rings is 2. The van der Waals surface area contributed by atoms with Crippen molar-refractivity contribution in [1.82, 2.24) is 0 Å². The maximum atomic E-state index is 2.44. The molecule has 1 nitrogen and oxygen atoms in total. The van der Waals surface area contributed by atoms with Crippen LogP contribution in [-0.2, 0) is 5.41 Å². The predicted molar refractivity (Wildman–Crippen MR) is 227 cm³/mol. The van der Waals surface area contributed by atoms with Gasteiger partial charge in [-0.2, -0.15) is 0 Å².